The topological polar surface area (TPSA) is 59.8 Å². The molecule has 0 fully saturated rings. The molecule has 142 valence electrons. The number of fused-ring (bicyclic) bond motifs is 1. The zero-order valence-electron chi connectivity index (χ0n) is 14.8. The molecule has 28 heavy (non-hydrogen) atoms. The molecular formula is C19H13Cl3N4OS. The molecule has 5 nitrogen and oxygen atoms in total. The molecule has 0 aliphatic carbocycles. The summed E-state index contributed by atoms with van der Waals surface area (Å²) in [6.07, 6.45) is 0. The number of anilines is 1. The van der Waals surface area contributed by atoms with Gasteiger partial charge in [0.1, 0.15) is 5.82 Å². The van der Waals surface area contributed by atoms with E-state index in [0.717, 1.165) is 21.5 Å². The van der Waals surface area contributed by atoms with E-state index in [1.807, 2.05) is 26.0 Å². The SMILES string of the molecule is Cc1cc(NC(=O)c2cc(Cl)ccc2Cl)n(-c2nc3c(C)ccc(Cl)c3s2)n1. The first-order valence-electron chi connectivity index (χ1n) is 8.22. The maximum Gasteiger partial charge on any atom is 0.258 e. The standard InChI is InChI=1S/C19H13Cl3N4OS/c1-9-3-5-14(22)17-16(9)24-19(28-17)26-15(7-10(2)25-26)23-18(27)12-8-11(20)4-6-13(12)21/h3-8H,1-2H3,(H,23,27). The minimum atomic E-state index is -0.385. The lowest BCUT2D eigenvalue weighted by Crippen LogP contribution is -2.15. The minimum Gasteiger partial charge on any atom is -0.306 e. The normalized spacial score (nSPS) is 11.2. The van der Waals surface area contributed by atoms with E-state index in [2.05, 4.69) is 15.4 Å². The molecule has 0 aliphatic heterocycles. The second-order valence-corrected chi connectivity index (χ2v) is 8.43. The number of thiazole rings is 1. The van der Waals surface area contributed by atoms with Gasteiger partial charge in [0.15, 0.2) is 0 Å². The van der Waals surface area contributed by atoms with E-state index in [0.29, 0.717) is 26.0 Å². The summed E-state index contributed by atoms with van der Waals surface area (Å²) in [5, 5.41) is 9.28. The van der Waals surface area contributed by atoms with Crippen molar-refractivity contribution in [1.29, 1.82) is 0 Å². The first-order chi connectivity index (χ1) is 13.3. The monoisotopic (exact) mass is 450 g/mol. The average molecular weight is 452 g/mol. The van der Waals surface area contributed by atoms with Crippen molar-refractivity contribution in [3.8, 4) is 5.13 Å². The van der Waals surface area contributed by atoms with Crippen molar-refractivity contribution in [2.75, 3.05) is 5.32 Å². The van der Waals surface area contributed by atoms with Gasteiger partial charge in [0.25, 0.3) is 5.91 Å². The fourth-order valence-electron chi connectivity index (χ4n) is 2.77. The Morgan fingerprint density at radius 2 is 1.82 bits per heavy atom. The third-order valence-corrected chi connectivity index (χ3v) is 6.17. The van der Waals surface area contributed by atoms with Crippen molar-refractivity contribution in [3.63, 3.8) is 0 Å². The number of nitrogens with zero attached hydrogens (tertiary/aromatic N) is 3. The zero-order chi connectivity index (χ0) is 20.0. The van der Waals surface area contributed by atoms with Crippen molar-refractivity contribution < 1.29 is 4.79 Å². The van der Waals surface area contributed by atoms with Gasteiger partial charge in [-0.1, -0.05) is 52.2 Å². The van der Waals surface area contributed by atoms with Crippen LogP contribution in [0.4, 0.5) is 5.82 Å². The number of carbonyl (C=O) groups is 1. The Bertz CT molecular complexity index is 1190. The number of nitrogens with one attached hydrogen (secondary N) is 1. The molecule has 1 amide bonds. The lowest BCUT2D eigenvalue weighted by atomic mass is 10.2. The number of aryl methyl sites for hydroxylation is 2. The molecule has 0 atom stereocenters. The molecule has 2 heterocycles. The van der Waals surface area contributed by atoms with Crippen molar-refractivity contribution >= 4 is 68.1 Å². The van der Waals surface area contributed by atoms with Crippen LogP contribution in [0.1, 0.15) is 21.6 Å². The first kappa shape index (κ1) is 19.2. The molecule has 0 saturated carbocycles. The summed E-state index contributed by atoms with van der Waals surface area (Å²) >= 11 is 19.9. The number of benzene rings is 2. The maximum absolute atomic E-state index is 12.7. The molecule has 0 aliphatic rings. The van der Waals surface area contributed by atoms with E-state index in [1.54, 1.807) is 22.9 Å². The van der Waals surface area contributed by atoms with Gasteiger partial charge in [-0.2, -0.15) is 9.78 Å². The van der Waals surface area contributed by atoms with Crippen LogP contribution < -0.4 is 5.32 Å². The highest BCUT2D eigenvalue weighted by Gasteiger charge is 2.18. The molecule has 0 unspecified atom stereocenters. The third kappa shape index (κ3) is 3.49. The molecule has 2 aromatic carbocycles. The van der Waals surface area contributed by atoms with Crippen LogP contribution in [-0.2, 0) is 0 Å². The Balaban J connectivity index is 1.76. The van der Waals surface area contributed by atoms with Crippen molar-refractivity contribution in [1.82, 2.24) is 14.8 Å². The Kier molecular flexibility index (Phi) is 5.05. The predicted octanol–water partition coefficient (Wildman–Crippen LogP) is 6.31. The van der Waals surface area contributed by atoms with Gasteiger partial charge in [-0.25, -0.2) is 4.98 Å². The van der Waals surface area contributed by atoms with Gasteiger partial charge in [0.2, 0.25) is 5.13 Å². The fraction of sp³-hybridized carbons (Fsp3) is 0.105. The van der Waals surface area contributed by atoms with E-state index in [1.165, 1.54) is 17.4 Å². The number of amides is 1. The van der Waals surface area contributed by atoms with Crippen LogP contribution in [0.3, 0.4) is 0 Å². The van der Waals surface area contributed by atoms with Crippen LogP contribution in [0.25, 0.3) is 15.3 Å². The summed E-state index contributed by atoms with van der Waals surface area (Å²) in [6.45, 7) is 3.81. The predicted molar refractivity (Wildman–Crippen MR) is 116 cm³/mol. The zero-order valence-corrected chi connectivity index (χ0v) is 17.8. The van der Waals surface area contributed by atoms with E-state index >= 15 is 0 Å². The molecule has 9 heteroatoms. The number of hydrogen-bond donors (Lipinski definition) is 1. The maximum atomic E-state index is 12.7. The van der Waals surface area contributed by atoms with Crippen LogP contribution >= 0.6 is 46.1 Å². The highest BCUT2D eigenvalue weighted by Crippen LogP contribution is 2.34. The fourth-order valence-corrected chi connectivity index (χ4v) is 4.43. The lowest BCUT2D eigenvalue weighted by Gasteiger charge is -2.08. The van der Waals surface area contributed by atoms with E-state index in [9.17, 15) is 4.79 Å². The second kappa shape index (κ2) is 7.37. The van der Waals surface area contributed by atoms with E-state index in [4.69, 9.17) is 34.8 Å². The van der Waals surface area contributed by atoms with Crippen molar-refractivity contribution in [3.05, 3.63) is 68.3 Å². The number of aromatic nitrogens is 3. The molecule has 0 bridgehead atoms. The summed E-state index contributed by atoms with van der Waals surface area (Å²) in [7, 11) is 0. The van der Waals surface area contributed by atoms with Crippen LogP contribution in [0.2, 0.25) is 15.1 Å². The Morgan fingerprint density at radius 1 is 1.07 bits per heavy atom. The highest BCUT2D eigenvalue weighted by atomic mass is 35.5. The van der Waals surface area contributed by atoms with Gasteiger partial charge >= 0.3 is 0 Å². The molecule has 4 aromatic rings. The van der Waals surface area contributed by atoms with Crippen LogP contribution in [-0.4, -0.2) is 20.7 Å². The Morgan fingerprint density at radius 3 is 2.57 bits per heavy atom. The molecule has 4 rings (SSSR count). The van der Waals surface area contributed by atoms with Gasteiger partial charge in [0.05, 0.1) is 31.5 Å². The van der Waals surface area contributed by atoms with E-state index < -0.39 is 0 Å². The summed E-state index contributed by atoms with van der Waals surface area (Å²) in [4.78, 5) is 17.4. The van der Waals surface area contributed by atoms with Crippen molar-refractivity contribution in [2.24, 2.45) is 0 Å². The van der Waals surface area contributed by atoms with Crippen LogP contribution in [0.5, 0.6) is 0 Å². The number of halogens is 3. The minimum absolute atomic E-state index is 0.280. The van der Waals surface area contributed by atoms with E-state index in [-0.39, 0.29) is 11.5 Å². The average Bonchev–Trinajstić information content (AvgIpc) is 3.24. The van der Waals surface area contributed by atoms with Gasteiger partial charge in [0, 0.05) is 11.1 Å². The molecular weight excluding hydrogens is 439 g/mol. The molecule has 2 aromatic heterocycles. The summed E-state index contributed by atoms with van der Waals surface area (Å²) < 4.78 is 2.46. The van der Waals surface area contributed by atoms with Gasteiger partial charge in [-0.15, -0.1) is 0 Å². The van der Waals surface area contributed by atoms with Crippen LogP contribution in [0, 0.1) is 13.8 Å². The molecule has 0 radical (unpaired) electrons. The van der Waals surface area contributed by atoms with Gasteiger partial charge < -0.3 is 5.32 Å². The smallest absolute Gasteiger partial charge is 0.258 e. The molecule has 0 saturated heterocycles. The summed E-state index contributed by atoms with van der Waals surface area (Å²) in [5.74, 6) is 0.0929. The second-order valence-electron chi connectivity index (χ2n) is 6.20. The summed E-state index contributed by atoms with van der Waals surface area (Å²) in [6, 6.07) is 10.3. The lowest BCUT2D eigenvalue weighted by molar-refractivity contribution is 0.102. The third-order valence-electron chi connectivity index (χ3n) is 4.11. The first-order valence-corrected chi connectivity index (χ1v) is 10.2. The molecule has 1 N–H and O–H groups in total. The highest BCUT2D eigenvalue weighted by molar-refractivity contribution is 7.21. The number of hydrogen-bond acceptors (Lipinski definition) is 4. The molecule has 0 spiro atoms. The summed E-state index contributed by atoms with van der Waals surface area (Å²) in [5.41, 5.74) is 2.84. The number of rotatable bonds is 3. The van der Waals surface area contributed by atoms with Crippen LogP contribution in [0.15, 0.2) is 36.4 Å². The number of carbonyl (C=O) groups excluding carboxylic acids is 1. The quantitative estimate of drug-likeness (QED) is 0.397. The van der Waals surface area contributed by atoms with Crippen molar-refractivity contribution in [2.45, 2.75) is 13.8 Å². The largest absolute Gasteiger partial charge is 0.306 e. The Labute approximate surface area is 179 Å². The van der Waals surface area contributed by atoms with Gasteiger partial charge in [-0.05, 0) is 43.7 Å². The Hall–Kier alpha value is -2.12. The van der Waals surface area contributed by atoms with Gasteiger partial charge in [-0.3, -0.25) is 4.79 Å².